The number of aliphatic imine (C=N–C) groups is 1. The molecule has 0 unspecified atom stereocenters. The van der Waals surface area contributed by atoms with Gasteiger partial charge in [-0.3, -0.25) is 29.0 Å². The third-order valence-electron chi connectivity index (χ3n) is 9.89. The van der Waals surface area contributed by atoms with Crippen molar-refractivity contribution in [1.29, 1.82) is 0 Å². The monoisotopic (exact) mass is 842 g/mol. The first-order valence-electron chi connectivity index (χ1n) is 20.2. The number of imidazole rings is 1. The number of benzene rings is 2. The molecule has 61 heavy (non-hydrogen) atoms. The van der Waals surface area contributed by atoms with Crippen LogP contribution in [0.2, 0.25) is 0 Å². The number of carbonyl (C=O) groups excluding carboxylic acids is 5. The van der Waals surface area contributed by atoms with E-state index in [2.05, 4.69) is 46.5 Å². The van der Waals surface area contributed by atoms with E-state index in [4.69, 9.17) is 17.2 Å². The molecule has 0 aliphatic rings. The van der Waals surface area contributed by atoms with Gasteiger partial charge in [0.2, 0.25) is 29.5 Å². The molecule has 6 atom stereocenters. The van der Waals surface area contributed by atoms with Gasteiger partial charge in [0.15, 0.2) is 5.96 Å². The van der Waals surface area contributed by atoms with Gasteiger partial charge in [0.1, 0.15) is 30.2 Å². The zero-order chi connectivity index (χ0) is 44.5. The van der Waals surface area contributed by atoms with Crippen LogP contribution < -0.4 is 43.8 Å². The van der Waals surface area contributed by atoms with Crippen LogP contribution >= 0.6 is 0 Å². The maximum absolute atomic E-state index is 14.4. The molecule has 0 aliphatic heterocycles. The van der Waals surface area contributed by atoms with Crippen LogP contribution in [0.1, 0.15) is 63.3 Å². The molecule has 2 aromatic carbocycles. The van der Waals surface area contributed by atoms with E-state index in [9.17, 15) is 33.9 Å². The number of nitrogens with one attached hydrogen (secondary N) is 7. The van der Waals surface area contributed by atoms with Crippen molar-refractivity contribution in [3.63, 3.8) is 0 Å². The van der Waals surface area contributed by atoms with Crippen molar-refractivity contribution in [3.05, 3.63) is 90.1 Å². The summed E-state index contributed by atoms with van der Waals surface area (Å²) < 4.78 is 0. The first kappa shape index (κ1) is 46.9. The Morgan fingerprint density at radius 3 is 1.97 bits per heavy atom. The molecule has 19 nitrogen and oxygen atoms in total. The Kier molecular flexibility index (Phi) is 17.8. The van der Waals surface area contributed by atoms with Crippen LogP contribution in [0.5, 0.6) is 0 Å². The zero-order valence-corrected chi connectivity index (χ0v) is 34.6. The minimum Gasteiger partial charge on any atom is -0.480 e. The van der Waals surface area contributed by atoms with Gasteiger partial charge in [-0.15, -0.1) is 0 Å². The number of para-hydroxylation sites is 1. The highest BCUT2D eigenvalue weighted by Crippen LogP contribution is 2.20. The van der Waals surface area contributed by atoms with Gasteiger partial charge < -0.3 is 58.9 Å². The Labute approximate surface area is 353 Å². The van der Waals surface area contributed by atoms with Crippen molar-refractivity contribution in [2.45, 2.75) is 102 Å². The van der Waals surface area contributed by atoms with Crippen LogP contribution in [0.25, 0.3) is 10.9 Å². The Hall–Kier alpha value is -6.76. The lowest BCUT2D eigenvalue weighted by Crippen LogP contribution is -2.60. The topological polar surface area (TPSA) is 318 Å². The van der Waals surface area contributed by atoms with Crippen LogP contribution in [0.3, 0.4) is 0 Å². The minimum absolute atomic E-state index is 0.0213. The largest absolute Gasteiger partial charge is 0.480 e. The van der Waals surface area contributed by atoms with Crippen LogP contribution in [0.4, 0.5) is 0 Å². The maximum atomic E-state index is 14.4. The van der Waals surface area contributed by atoms with Crippen molar-refractivity contribution < 1.29 is 33.9 Å². The molecule has 5 amide bonds. The van der Waals surface area contributed by atoms with E-state index in [0.29, 0.717) is 37.1 Å². The first-order valence-corrected chi connectivity index (χ1v) is 20.2. The van der Waals surface area contributed by atoms with Crippen molar-refractivity contribution in [3.8, 4) is 0 Å². The number of carboxylic acids is 1. The predicted octanol–water partition coefficient (Wildman–Crippen LogP) is 0.265. The van der Waals surface area contributed by atoms with Gasteiger partial charge in [0.05, 0.1) is 12.4 Å². The smallest absolute Gasteiger partial charge is 0.326 e. The third-order valence-corrected chi connectivity index (χ3v) is 9.89. The highest BCUT2D eigenvalue weighted by molar-refractivity contribution is 5.97. The molecule has 4 rings (SSSR count). The van der Waals surface area contributed by atoms with Crippen LogP contribution in [-0.2, 0) is 48.0 Å². The van der Waals surface area contributed by atoms with E-state index in [1.54, 1.807) is 30.5 Å². The third kappa shape index (κ3) is 15.1. The van der Waals surface area contributed by atoms with Crippen LogP contribution in [-0.4, -0.2) is 104 Å². The molecule has 0 aliphatic carbocycles. The lowest BCUT2D eigenvalue weighted by Gasteiger charge is -2.27. The standard InChI is InChI=1S/C42H58N12O7/c1-24(2)17-35(41(60)61)54-36(55)25(3)50-38(57)34(20-28-22-46-23-49-28)53-40(59)33(19-27-21-48-31-15-8-7-13-29(27)31)52-39(58)32(18-26-11-5-4-6-12-26)51-37(56)30(43)14-9-10-16-47-42(44)45/h4-8,11-13,15,21-25,30,32-35,48H,9-10,14,16-20,43H2,1-3H3,(H,46,49)(H,50,57)(H,51,56)(H,52,58)(H,53,59)(H,54,55)(H,60,61)(H4,44,45,47)/t25-,30-,32-,33-,34-,35-/m0/s1. The van der Waals surface area contributed by atoms with Gasteiger partial charge in [0, 0.05) is 54.8 Å². The van der Waals surface area contributed by atoms with Gasteiger partial charge in [-0.05, 0) is 55.7 Å². The molecule has 0 saturated heterocycles. The van der Waals surface area contributed by atoms with Gasteiger partial charge in [-0.2, -0.15) is 0 Å². The second-order valence-electron chi connectivity index (χ2n) is 15.4. The number of rotatable bonds is 24. The molecule has 0 fully saturated rings. The lowest BCUT2D eigenvalue weighted by molar-refractivity contribution is -0.142. The highest BCUT2D eigenvalue weighted by atomic mass is 16.4. The number of H-pyrrole nitrogens is 2. The maximum Gasteiger partial charge on any atom is 0.326 e. The Morgan fingerprint density at radius 2 is 1.33 bits per heavy atom. The van der Waals surface area contributed by atoms with Crippen molar-refractivity contribution in [2.75, 3.05) is 6.54 Å². The summed E-state index contributed by atoms with van der Waals surface area (Å²) in [6.45, 7) is 5.42. The van der Waals surface area contributed by atoms with Crippen LogP contribution in [0.15, 0.2) is 78.3 Å². The fourth-order valence-corrected chi connectivity index (χ4v) is 6.62. The number of fused-ring (bicyclic) bond motifs is 1. The number of guanidine groups is 1. The predicted molar refractivity (Wildman–Crippen MR) is 229 cm³/mol. The Balaban J connectivity index is 1.59. The number of carbonyl (C=O) groups is 6. The average molecular weight is 843 g/mol. The molecule has 2 aromatic heterocycles. The van der Waals surface area contributed by atoms with E-state index in [-0.39, 0.29) is 37.6 Å². The number of aromatic amines is 2. The molecule has 0 saturated carbocycles. The molecule has 4 aromatic rings. The van der Waals surface area contributed by atoms with E-state index in [0.717, 1.165) is 16.5 Å². The number of amides is 5. The molecule has 328 valence electrons. The second-order valence-corrected chi connectivity index (χ2v) is 15.4. The molecular weight excluding hydrogens is 785 g/mol. The number of nitrogens with two attached hydrogens (primary N) is 3. The normalized spacial score (nSPS) is 14.1. The summed E-state index contributed by atoms with van der Waals surface area (Å²) in [6.07, 6.45) is 6.19. The number of unbranched alkanes of at least 4 members (excludes halogenated alkanes) is 1. The summed E-state index contributed by atoms with van der Waals surface area (Å²) >= 11 is 0. The molecule has 14 N–H and O–H groups in total. The molecular formula is C42H58N12O7. The summed E-state index contributed by atoms with van der Waals surface area (Å²) in [5, 5.41) is 23.9. The van der Waals surface area contributed by atoms with Gasteiger partial charge in [-0.25, -0.2) is 9.78 Å². The summed E-state index contributed by atoms with van der Waals surface area (Å²) in [5.74, 6) is -4.73. The van der Waals surface area contributed by atoms with Crippen LogP contribution in [0, 0.1) is 5.92 Å². The minimum atomic E-state index is -1.29. The van der Waals surface area contributed by atoms with Gasteiger partial charge in [-0.1, -0.05) is 62.4 Å². The van der Waals surface area contributed by atoms with Crippen molar-refractivity contribution in [2.24, 2.45) is 28.1 Å². The van der Waals surface area contributed by atoms with E-state index in [1.165, 1.54) is 19.4 Å². The van der Waals surface area contributed by atoms with E-state index >= 15 is 0 Å². The van der Waals surface area contributed by atoms with Gasteiger partial charge >= 0.3 is 5.97 Å². The molecule has 0 spiro atoms. The Morgan fingerprint density at radius 1 is 0.721 bits per heavy atom. The quantitative estimate of drug-likeness (QED) is 0.0258. The number of carboxylic acid groups (broad SMARTS) is 1. The summed E-state index contributed by atoms with van der Waals surface area (Å²) in [6, 6.07) is 9.41. The average Bonchev–Trinajstić information content (AvgIpc) is 3.89. The van der Waals surface area contributed by atoms with Crippen molar-refractivity contribution in [1.82, 2.24) is 41.5 Å². The first-order chi connectivity index (χ1) is 29.1. The SMILES string of the molecule is CC(C)C[C@H](NC(=O)[C@H](C)NC(=O)[C@H](Cc1cnc[nH]1)NC(=O)[C@H](Cc1c[nH]c2ccccc12)NC(=O)[C@H](Cc1ccccc1)NC(=O)[C@@H](N)CCCCN=C(N)N)C(=O)O. The second kappa shape index (κ2) is 23.1. The highest BCUT2D eigenvalue weighted by Gasteiger charge is 2.33. The number of nitrogens with zero attached hydrogens (tertiary/aromatic N) is 2. The number of hydrogen-bond acceptors (Lipinski definition) is 9. The van der Waals surface area contributed by atoms with Crippen molar-refractivity contribution >= 4 is 52.4 Å². The number of hydrogen-bond donors (Lipinski definition) is 11. The fraction of sp³-hybridized carbons (Fsp3) is 0.429. The number of aliphatic carboxylic acids is 1. The van der Waals surface area contributed by atoms with E-state index in [1.807, 2.05) is 44.2 Å². The summed E-state index contributed by atoms with van der Waals surface area (Å²) in [7, 11) is 0. The molecule has 2 heterocycles. The van der Waals surface area contributed by atoms with Gasteiger partial charge in [0.25, 0.3) is 0 Å². The lowest BCUT2D eigenvalue weighted by atomic mass is 10.0. The zero-order valence-electron chi connectivity index (χ0n) is 34.6. The molecule has 0 radical (unpaired) electrons. The fourth-order valence-electron chi connectivity index (χ4n) is 6.62. The van der Waals surface area contributed by atoms with E-state index < -0.39 is 71.8 Å². The number of aromatic nitrogens is 3. The molecule has 0 bridgehead atoms. The molecule has 19 heteroatoms. The summed E-state index contributed by atoms with van der Waals surface area (Å²) in [4.78, 5) is 94.9. The summed E-state index contributed by atoms with van der Waals surface area (Å²) in [5.41, 5.74) is 19.7. The Bertz CT molecular complexity index is 2100.